The molecule has 21 heavy (non-hydrogen) atoms. The molecule has 2 rings (SSSR count). The molecule has 0 aliphatic rings. The summed E-state index contributed by atoms with van der Waals surface area (Å²) in [7, 11) is 1.94. The number of nitrogens with zero attached hydrogens (tertiary/aromatic N) is 3. The summed E-state index contributed by atoms with van der Waals surface area (Å²) in [4.78, 5) is 2.36. The molecular formula is C16H23ClN4. The summed E-state index contributed by atoms with van der Waals surface area (Å²) in [6.07, 6.45) is 1.08. The minimum atomic E-state index is 0.764. The number of rotatable bonds is 6. The number of aryl methyl sites for hydroxylation is 2. The van der Waals surface area contributed by atoms with E-state index in [2.05, 4.69) is 23.0 Å². The Morgan fingerprint density at radius 1 is 1.29 bits per heavy atom. The molecule has 0 saturated carbocycles. The first kappa shape index (κ1) is 15.9. The first-order chi connectivity index (χ1) is 10.0. The van der Waals surface area contributed by atoms with Gasteiger partial charge in [0.15, 0.2) is 0 Å². The molecule has 0 fully saturated rings. The van der Waals surface area contributed by atoms with Crippen molar-refractivity contribution in [2.75, 3.05) is 12.3 Å². The molecule has 0 spiro atoms. The van der Waals surface area contributed by atoms with Crippen LogP contribution >= 0.6 is 11.6 Å². The van der Waals surface area contributed by atoms with Crippen molar-refractivity contribution in [2.45, 2.75) is 33.4 Å². The average molecular weight is 307 g/mol. The van der Waals surface area contributed by atoms with E-state index in [4.69, 9.17) is 17.3 Å². The fraction of sp³-hybridized carbons (Fsp3) is 0.438. The van der Waals surface area contributed by atoms with Gasteiger partial charge in [0.05, 0.1) is 16.4 Å². The lowest BCUT2D eigenvalue weighted by molar-refractivity contribution is 0.251. The van der Waals surface area contributed by atoms with Crippen molar-refractivity contribution < 1.29 is 0 Å². The highest BCUT2D eigenvalue weighted by Gasteiger charge is 2.15. The van der Waals surface area contributed by atoms with E-state index in [0.717, 1.165) is 53.7 Å². The molecule has 0 aliphatic heterocycles. The minimum absolute atomic E-state index is 0.764. The number of nitrogens with two attached hydrogens (primary N) is 1. The van der Waals surface area contributed by atoms with Crippen LogP contribution in [0.1, 0.15) is 30.3 Å². The molecule has 2 N–H and O–H groups in total. The smallest absolute Gasteiger partial charge is 0.0860 e. The van der Waals surface area contributed by atoms with Crippen LogP contribution in [0.25, 0.3) is 0 Å². The molecular weight excluding hydrogens is 284 g/mol. The van der Waals surface area contributed by atoms with Crippen LogP contribution in [0.3, 0.4) is 0 Å². The summed E-state index contributed by atoms with van der Waals surface area (Å²) in [5.41, 5.74) is 9.98. The number of anilines is 1. The van der Waals surface area contributed by atoms with Gasteiger partial charge in [-0.15, -0.1) is 0 Å². The van der Waals surface area contributed by atoms with Gasteiger partial charge in [-0.25, -0.2) is 0 Å². The molecule has 0 radical (unpaired) electrons. The average Bonchev–Trinajstić information content (AvgIpc) is 2.68. The van der Waals surface area contributed by atoms with Gasteiger partial charge in [0.25, 0.3) is 0 Å². The predicted molar refractivity (Wildman–Crippen MR) is 88.2 cm³/mol. The second-order valence-corrected chi connectivity index (χ2v) is 5.76. The maximum atomic E-state index is 6.36. The van der Waals surface area contributed by atoms with Crippen LogP contribution in [-0.4, -0.2) is 21.2 Å². The van der Waals surface area contributed by atoms with Crippen LogP contribution in [0.2, 0.25) is 5.02 Å². The van der Waals surface area contributed by atoms with Crippen LogP contribution in [0, 0.1) is 6.92 Å². The zero-order valence-electron chi connectivity index (χ0n) is 12.9. The third-order valence-electron chi connectivity index (χ3n) is 3.62. The van der Waals surface area contributed by atoms with Crippen molar-refractivity contribution in [3.63, 3.8) is 0 Å². The number of hydrogen-bond donors (Lipinski definition) is 1. The van der Waals surface area contributed by atoms with Crippen molar-refractivity contribution >= 4 is 17.3 Å². The Bertz CT molecular complexity index is 606. The highest BCUT2D eigenvalue weighted by atomic mass is 35.5. The van der Waals surface area contributed by atoms with Gasteiger partial charge in [0.1, 0.15) is 0 Å². The fourth-order valence-electron chi connectivity index (χ4n) is 2.51. The monoisotopic (exact) mass is 306 g/mol. The Hall–Kier alpha value is -1.52. The second kappa shape index (κ2) is 6.96. The van der Waals surface area contributed by atoms with Crippen molar-refractivity contribution in [3.8, 4) is 0 Å². The Labute approximate surface area is 131 Å². The molecule has 0 unspecified atom stereocenters. The Kier molecular flexibility index (Phi) is 5.26. The van der Waals surface area contributed by atoms with Gasteiger partial charge in [-0.3, -0.25) is 9.58 Å². The topological polar surface area (TPSA) is 47.1 Å². The maximum absolute atomic E-state index is 6.36. The van der Waals surface area contributed by atoms with Crippen molar-refractivity contribution in [2.24, 2.45) is 7.05 Å². The quantitative estimate of drug-likeness (QED) is 0.832. The highest BCUT2D eigenvalue weighted by Crippen LogP contribution is 2.22. The number of halogens is 1. The third-order valence-corrected chi connectivity index (χ3v) is 4.12. The van der Waals surface area contributed by atoms with E-state index >= 15 is 0 Å². The molecule has 0 amide bonds. The summed E-state index contributed by atoms with van der Waals surface area (Å²) >= 11 is 6.36. The molecule has 1 aromatic carbocycles. The molecule has 4 nitrogen and oxygen atoms in total. The van der Waals surface area contributed by atoms with Crippen LogP contribution < -0.4 is 5.73 Å². The number of nitrogen functional groups attached to an aromatic ring is 1. The largest absolute Gasteiger partial charge is 0.398 e. The number of para-hydroxylation sites is 1. The third kappa shape index (κ3) is 3.77. The lowest BCUT2D eigenvalue weighted by Gasteiger charge is -2.22. The van der Waals surface area contributed by atoms with Gasteiger partial charge >= 0.3 is 0 Å². The van der Waals surface area contributed by atoms with E-state index in [1.165, 1.54) is 0 Å². The molecule has 1 heterocycles. The molecule has 5 heteroatoms. The van der Waals surface area contributed by atoms with E-state index in [1.54, 1.807) is 0 Å². The Morgan fingerprint density at radius 2 is 2.00 bits per heavy atom. The summed E-state index contributed by atoms with van der Waals surface area (Å²) < 4.78 is 1.87. The summed E-state index contributed by atoms with van der Waals surface area (Å²) in [6.45, 7) is 6.71. The highest BCUT2D eigenvalue weighted by molar-refractivity contribution is 6.31. The SMILES string of the molecule is CCCN(Cc1ccccc1N)Cc1c(Cl)c(C)nn1C. The van der Waals surface area contributed by atoms with Crippen LogP contribution in [-0.2, 0) is 20.1 Å². The maximum Gasteiger partial charge on any atom is 0.0860 e. The van der Waals surface area contributed by atoms with Crippen molar-refractivity contribution in [1.82, 2.24) is 14.7 Å². The van der Waals surface area contributed by atoms with Crippen LogP contribution in [0.4, 0.5) is 5.69 Å². The van der Waals surface area contributed by atoms with Gasteiger partial charge < -0.3 is 5.73 Å². The predicted octanol–water partition coefficient (Wildman–Crippen LogP) is 3.38. The molecule has 0 aliphatic carbocycles. The van der Waals surface area contributed by atoms with E-state index in [9.17, 15) is 0 Å². The fourth-order valence-corrected chi connectivity index (χ4v) is 2.73. The first-order valence-corrected chi connectivity index (χ1v) is 7.64. The van der Waals surface area contributed by atoms with Crippen molar-refractivity contribution in [1.29, 1.82) is 0 Å². The van der Waals surface area contributed by atoms with Gasteiger partial charge in [0, 0.05) is 25.8 Å². The van der Waals surface area contributed by atoms with E-state index in [1.807, 2.05) is 36.9 Å². The molecule has 114 valence electrons. The van der Waals surface area contributed by atoms with Gasteiger partial charge in [-0.05, 0) is 31.5 Å². The molecule has 2 aromatic rings. The lowest BCUT2D eigenvalue weighted by atomic mass is 10.1. The Morgan fingerprint density at radius 3 is 2.57 bits per heavy atom. The molecule has 0 bridgehead atoms. The number of aromatic nitrogens is 2. The minimum Gasteiger partial charge on any atom is -0.398 e. The summed E-state index contributed by atoms with van der Waals surface area (Å²) in [5.74, 6) is 0. The van der Waals surface area contributed by atoms with E-state index < -0.39 is 0 Å². The van der Waals surface area contributed by atoms with Crippen LogP contribution in [0.15, 0.2) is 24.3 Å². The summed E-state index contributed by atoms with van der Waals surface area (Å²) in [5, 5.41) is 5.15. The molecule has 0 saturated heterocycles. The standard InChI is InChI=1S/C16H23ClN4/c1-4-9-21(10-13-7-5-6-8-14(13)18)11-15-16(17)12(2)19-20(15)3/h5-8H,4,9-11,18H2,1-3H3. The normalized spacial score (nSPS) is 11.3. The molecule has 1 aromatic heterocycles. The Balaban J connectivity index is 2.18. The zero-order chi connectivity index (χ0) is 15.4. The second-order valence-electron chi connectivity index (χ2n) is 5.38. The van der Waals surface area contributed by atoms with Gasteiger partial charge in [-0.1, -0.05) is 36.7 Å². The first-order valence-electron chi connectivity index (χ1n) is 7.26. The van der Waals surface area contributed by atoms with E-state index in [-0.39, 0.29) is 0 Å². The molecule has 0 atom stereocenters. The van der Waals surface area contributed by atoms with Gasteiger partial charge in [0.2, 0.25) is 0 Å². The number of benzene rings is 1. The van der Waals surface area contributed by atoms with Crippen molar-refractivity contribution in [3.05, 3.63) is 46.2 Å². The zero-order valence-corrected chi connectivity index (χ0v) is 13.7. The van der Waals surface area contributed by atoms with E-state index in [0.29, 0.717) is 0 Å². The lowest BCUT2D eigenvalue weighted by Crippen LogP contribution is -2.25. The number of hydrogen-bond acceptors (Lipinski definition) is 3. The van der Waals surface area contributed by atoms with Gasteiger partial charge in [-0.2, -0.15) is 5.10 Å². The summed E-state index contributed by atoms with van der Waals surface area (Å²) in [6, 6.07) is 8.01. The van der Waals surface area contributed by atoms with Crippen LogP contribution in [0.5, 0.6) is 0 Å².